The Hall–Kier alpha value is -2.67. The van der Waals surface area contributed by atoms with Crippen molar-refractivity contribution in [3.63, 3.8) is 0 Å². The van der Waals surface area contributed by atoms with Gasteiger partial charge in [-0.1, -0.05) is 42.5 Å². The third kappa shape index (κ3) is 6.21. The van der Waals surface area contributed by atoms with Gasteiger partial charge in [-0.2, -0.15) is 5.10 Å². The van der Waals surface area contributed by atoms with Gasteiger partial charge < -0.3 is 4.74 Å². The van der Waals surface area contributed by atoms with E-state index in [2.05, 4.69) is 10.5 Å². The van der Waals surface area contributed by atoms with Crippen LogP contribution in [0.5, 0.6) is 5.75 Å². The smallest absolute Gasteiger partial charge is 0.240 e. The van der Waals surface area contributed by atoms with Gasteiger partial charge in [0, 0.05) is 6.42 Å². The van der Waals surface area contributed by atoms with Gasteiger partial charge in [-0.25, -0.2) is 13.8 Å². The molecule has 0 spiro atoms. The number of sulfone groups is 1. The lowest BCUT2D eigenvalue weighted by molar-refractivity contribution is -0.121. The van der Waals surface area contributed by atoms with Crippen LogP contribution < -0.4 is 10.2 Å². The van der Waals surface area contributed by atoms with E-state index < -0.39 is 9.84 Å². The second kappa shape index (κ2) is 8.81. The Morgan fingerprint density at radius 3 is 2.74 bits per heavy atom. The molecule has 1 aliphatic heterocycles. The highest BCUT2D eigenvalue weighted by molar-refractivity contribution is 7.91. The molecule has 0 bridgehead atoms. The number of hydrazone groups is 1. The van der Waals surface area contributed by atoms with Crippen LogP contribution in [0.15, 0.2) is 59.7 Å². The van der Waals surface area contributed by atoms with Crippen molar-refractivity contribution in [2.45, 2.75) is 19.4 Å². The van der Waals surface area contributed by atoms with Gasteiger partial charge in [0.25, 0.3) is 0 Å². The van der Waals surface area contributed by atoms with E-state index >= 15 is 0 Å². The first kappa shape index (κ1) is 19.1. The van der Waals surface area contributed by atoms with Crippen LogP contribution in [0.2, 0.25) is 0 Å². The summed E-state index contributed by atoms with van der Waals surface area (Å²) in [6.07, 6.45) is 2.26. The first-order valence-corrected chi connectivity index (χ1v) is 10.6. The van der Waals surface area contributed by atoms with Crippen molar-refractivity contribution in [3.05, 3.63) is 65.7 Å². The van der Waals surface area contributed by atoms with Crippen LogP contribution in [0.1, 0.15) is 24.0 Å². The minimum absolute atomic E-state index is 0.0882. The molecule has 0 aliphatic carbocycles. The fraction of sp³-hybridized carbons (Fsp3) is 0.300. The standard InChI is InChI=1S/C20H22N2O4S/c23-20(12-18-9-10-27(24,25)15-18)22-21-13-17-7-4-8-19(11-17)26-14-16-5-2-1-3-6-16/h1-8,11,13,18H,9-10,12,14-15H2,(H,22,23)/b21-13-/t18-/m1/s1. The molecule has 3 rings (SSSR count). The maximum atomic E-state index is 11.9. The molecule has 0 aromatic heterocycles. The van der Waals surface area contributed by atoms with Crippen LogP contribution in [-0.4, -0.2) is 32.0 Å². The molecular formula is C20H22N2O4S. The molecule has 0 saturated carbocycles. The molecule has 1 atom stereocenters. The molecule has 2 aromatic rings. The average Bonchev–Trinajstić information content (AvgIpc) is 2.99. The lowest BCUT2D eigenvalue weighted by Gasteiger charge is -2.07. The first-order chi connectivity index (χ1) is 13.0. The molecule has 1 heterocycles. The quantitative estimate of drug-likeness (QED) is 0.585. The third-order valence-corrected chi connectivity index (χ3v) is 6.15. The van der Waals surface area contributed by atoms with Gasteiger partial charge in [0.15, 0.2) is 9.84 Å². The minimum Gasteiger partial charge on any atom is -0.489 e. The third-order valence-electron chi connectivity index (χ3n) is 4.31. The van der Waals surface area contributed by atoms with Gasteiger partial charge in [0.2, 0.25) is 5.91 Å². The van der Waals surface area contributed by atoms with Crippen molar-refractivity contribution in [1.29, 1.82) is 0 Å². The summed E-state index contributed by atoms with van der Waals surface area (Å²) >= 11 is 0. The Morgan fingerprint density at radius 2 is 2.00 bits per heavy atom. The highest BCUT2D eigenvalue weighted by atomic mass is 32.2. The number of ether oxygens (including phenoxy) is 1. The van der Waals surface area contributed by atoms with E-state index in [0.717, 1.165) is 11.1 Å². The average molecular weight is 386 g/mol. The van der Waals surface area contributed by atoms with Crippen molar-refractivity contribution in [2.75, 3.05) is 11.5 Å². The zero-order valence-electron chi connectivity index (χ0n) is 14.9. The topological polar surface area (TPSA) is 84.8 Å². The Labute approximate surface area is 159 Å². The van der Waals surface area contributed by atoms with Crippen LogP contribution in [-0.2, 0) is 21.2 Å². The monoisotopic (exact) mass is 386 g/mol. The molecule has 2 aromatic carbocycles. The zero-order chi connectivity index (χ0) is 19.1. The van der Waals surface area contributed by atoms with E-state index in [1.54, 1.807) is 6.21 Å². The summed E-state index contributed by atoms with van der Waals surface area (Å²) in [6, 6.07) is 17.3. The molecule has 6 nitrogen and oxygen atoms in total. The fourth-order valence-corrected chi connectivity index (χ4v) is 4.81. The number of rotatable bonds is 7. The Morgan fingerprint density at radius 1 is 1.19 bits per heavy atom. The van der Waals surface area contributed by atoms with Crippen LogP contribution in [0.3, 0.4) is 0 Å². The number of benzene rings is 2. The highest BCUT2D eigenvalue weighted by Gasteiger charge is 2.29. The predicted molar refractivity (Wildman–Crippen MR) is 104 cm³/mol. The molecule has 1 amide bonds. The lowest BCUT2D eigenvalue weighted by Crippen LogP contribution is -2.21. The summed E-state index contributed by atoms with van der Waals surface area (Å²) < 4.78 is 28.6. The number of nitrogens with one attached hydrogen (secondary N) is 1. The van der Waals surface area contributed by atoms with Gasteiger partial charge >= 0.3 is 0 Å². The second-order valence-corrected chi connectivity index (χ2v) is 8.84. The van der Waals surface area contributed by atoms with Gasteiger partial charge in [0.1, 0.15) is 12.4 Å². The molecule has 27 heavy (non-hydrogen) atoms. The van der Waals surface area contributed by atoms with Crippen molar-refractivity contribution in [3.8, 4) is 5.75 Å². The molecular weight excluding hydrogens is 364 g/mol. The normalized spacial score (nSPS) is 18.4. The maximum Gasteiger partial charge on any atom is 0.240 e. The number of nitrogens with zero attached hydrogens (tertiary/aromatic N) is 1. The molecule has 1 aliphatic rings. The zero-order valence-corrected chi connectivity index (χ0v) is 15.7. The molecule has 7 heteroatoms. The van der Waals surface area contributed by atoms with Crippen LogP contribution in [0.25, 0.3) is 0 Å². The van der Waals surface area contributed by atoms with Crippen LogP contribution >= 0.6 is 0 Å². The summed E-state index contributed by atoms with van der Waals surface area (Å²) in [7, 11) is -2.97. The Kier molecular flexibility index (Phi) is 6.24. The lowest BCUT2D eigenvalue weighted by atomic mass is 10.1. The predicted octanol–water partition coefficient (Wildman–Crippen LogP) is 2.54. The second-order valence-electron chi connectivity index (χ2n) is 6.61. The highest BCUT2D eigenvalue weighted by Crippen LogP contribution is 2.21. The first-order valence-electron chi connectivity index (χ1n) is 8.79. The largest absolute Gasteiger partial charge is 0.489 e. The van der Waals surface area contributed by atoms with Crippen molar-refractivity contribution >= 4 is 22.0 Å². The van der Waals surface area contributed by atoms with Crippen molar-refractivity contribution in [2.24, 2.45) is 11.0 Å². The van der Waals surface area contributed by atoms with E-state index in [4.69, 9.17) is 4.74 Å². The van der Waals surface area contributed by atoms with Gasteiger partial charge in [-0.15, -0.1) is 0 Å². The van der Waals surface area contributed by atoms with Gasteiger partial charge in [-0.3, -0.25) is 4.79 Å². The molecule has 1 saturated heterocycles. The van der Waals surface area contributed by atoms with Crippen molar-refractivity contribution in [1.82, 2.24) is 5.43 Å². The fourth-order valence-electron chi connectivity index (χ4n) is 2.95. The number of hydrogen-bond donors (Lipinski definition) is 1. The van der Waals surface area contributed by atoms with Crippen LogP contribution in [0, 0.1) is 5.92 Å². The maximum absolute atomic E-state index is 11.9. The van der Waals surface area contributed by atoms with E-state index in [-0.39, 0.29) is 29.8 Å². The molecule has 1 fully saturated rings. The van der Waals surface area contributed by atoms with E-state index in [1.807, 2.05) is 54.6 Å². The van der Waals surface area contributed by atoms with E-state index in [9.17, 15) is 13.2 Å². The van der Waals surface area contributed by atoms with Gasteiger partial charge in [-0.05, 0) is 35.6 Å². The summed E-state index contributed by atoms with van der Waals surface area (Å²) in [6.45, 7) is 0.475. The summed E-state index contributed by atoms with van der Waals surface area (Å²) in [5.74, 6) is 0.588. The van der Waals surface area contributed by atoms with Crippen LogP contribution in [0.4, 0.5) is 0 Å². The summed E-state index contributed by atoms with van der Waals surface area (Å²) in [5.41, 5.74) is 4.33. The Balaban J connectivity index is 1.48. The molecule has 142 valence electrons. The Bertz CT molecular complexity index is 911. The summed E-state index contributed by atoms with van der Waals surface area (Å²) in [5, 5.41) is 3.95. The van der Waals surface area contributed by atoms with Gasteiger partial charge in [0.05, 0.1) is 17.7 Å². The number of amides is 1. The van der Waals surface area contributed by atoms with E-state index in [0.29, 0.717) is 18.8 Å². The van der Waals surface area contributed by atoms with E-state index in [1.165, 1.54) is 0 Å². The SMILES string of the molecule is O=C(C[C@H]1CCS(=O)(=O)C1)N/N=C\c1cccc(OCc2ccccc2)c1. The molecule has 0 unspecified atom stereocenters. The number of hydrogen-bond acceptors (Lipinski definition) is 5. The molecule has 0 radical (unpaired) electrons. The summed E-state index contributed by atoms with van der Waals surface area (Å²) in [4.78, 5) is 11.9. The number of carbonyl (C=O) groups excluding carboxylic acids is 1. The molecule has 1 N–H and O–H groups in total. The van der Waals surface area contributed by atoms with Crippen molar-refractivity contribution < 1.29 is 17.9 Å². The number of carbonyl (C=O) groups is 1. The minimum atomic E-state index is -2.97.